The summed E-state index contributed by atoms with van der Waals surface area (Å²) in [6.45, 7) is 5.92. The Kier molecular flexibility index (Phi) is 4.70. The molecule has 1 unspecified atom stereocenters. The number of hydrogen-bond acceptors (Lipinski definition) is 3. The number of rotatable bonds is 4. The molecule has 0 spiro atoms. The molecule has 0 fully saturated rings. The summed E-state index contributed by atoms with van der Waals surface area (Å²) in [6, 6.07) is 7.46. The summed E-state index contributed by atoms with van der Waals surface area (Å²) >= 11 is 0. The summed E-state index contributed by atoms with van der Waals surface area (Å²) in [5, 5.41) is 0. The third-order valence-corrected chi connectivity index (χ3v) is 2.25. The molecular weight excluding hydrogens is 202 g/mol. The topological polar surface area (TPSA) is 38.7 Å². The zero-order valence-electron chi connectivity index (χ0n) is 9.93. The number of hydrogen-bond donors (Lipinski definition) is 0. The monoisotopic (exact) mass is 219 g/mol. The number of aliphatic imine (C=N–C) groups is 1. The lowest BCUT2D eigenvalue weighted by molar-refractivity contribution is -0.144. The molecule has 0 amide bonds. The van der Waals surface area contributed by atoms with Gasteiger partial charge in [-0.15, -0.1) is 0 Å². The minimum absolute atomic E-state index is 0.285. The molecule has 0 aromatic heterocycles. The van der Waals surface area contributed by atoms with Crippen LogP contribution in [0, 0.1) is 6.92 Å². The molecule has 0 aliphatic heterocycles. The minimum atomic E-state index is -0.445. The summed E-state index contributed by atoms with van der Waals surface area (Å²) in [7, 11) is 0. The largest absolute Gasteiger partial charge is 0.464 e. The van der Waals surface area contributed by atoms with E-state index in [4.69, 9.17) is 4.74 Å². The first-order valence-electron chi connectivity index (χ1n) is 5.40. The number of esters is 1. The molecule has 16 heavy (non-hydrogen) atoms. The Hall–Kier alpha value is -1.64. The molecule has 0 saturated carbocycles. The van der Waals surface area contributed by atoms with Crippen LogP contribution in [0.15, 0.2) is 29.3 Å². The van der Waals surface area contributed by atoms with Crippen molar-refractivity contribution in [2.75, 3.05) is 6.61 Å². The Morgan fingerprint density at radius 3 is 2.81 bits per heavy atom. The second kappa shape index (κ2) is 6.05. The van der Waals surface area contributed by atoms with Crippen LogP contribution in [-0.4, -0.2) is 24.8 Å². The van der Waals surface area contributed by atoms with Crippen molar-refractivity contribution in [2.24, 2.45) is 4.99 Å². The Labute approximate surface area is 96.2 Å². The van der Waals surface area contributed by atoms with E-state index in [9.17, 15) is 4.79 Å². The third kappa shape index (κ3) is 3.50. The highest BCUT2D eigenvalue weighted by atomic mass is 16.5. The molecule has 3 heteroatoms. The molecule has 0 bridgehead atoms. The standard InChI is InChI=1S/C13H17NO2/c1-4-16-13(15)11(3)14-9-12-8-6-5-7-10(12)2/h5-9,11H,4H2,1-3H3. The minimum Gasteiger partial charge on any atom is -0.464 e. The maximum absolute atomic E-state index is 11.3. The smallest absolute Gasteiger partial charge is 0.330 e. The van der Waals surface area contributed by atoms with Crippen LogP contribution in [0.3, 0.4) is 0 Å². The normalized spacial score (nSPS) is 12.7. The molecule has 0 heterocycles. The van der Waals surface area contributed by atoms with Crippen LogP contribution in [0.1, 0.15) is 25.0 Å². The first-order chi connectivity index (χ1) is 7.65. The van der Waals surface area contributed by atoms with E-state index < -0.39 is 6.04 Å². The Morgan fingerprint density at radius 1 is 1.50 bits per heavy atom. The zero-order chi connectivity index (χ0) is 12.0. The van der Waals surface area contributed by atoms with E-state index in [-0.39, 0.29) is 5.97 Å². The second-order valence-electron chi connectivity index (χ2n) is 3.56. The summed E-state index contributed by atoms with van der Waals surface area (Å²) < 4.78 is 4.87. The molecule has 1 atom stereocenters. The van der Waals surface area contributed by atoms with Gasteiger partial charge in [0.05, 0.1) is 6.61 Å². The van der Waals surface area contributed by atoms with Gasteiger partial charge in [0.15, 0.2) is 0 Å². The Morgan fingerprint density at radius 2 is 2.19 bits per heavy atom. The fourth-order valence-electron chi connectivity index (χ4n) is 1.25. The molecule has 0 saturated heterocycles. The van der Waals surface area contributed by atoms with Crippen molar-refractivity contribution >= 4 is 12.2 Å². The van der Waals surface area contributed by atoms with E-state index in [0.717, 1.165) is 11.1 Å². The summed E-state index contributed by atoms with van der Waals surface area (Å²) in [6.07, 6.45) is 1.72. The maximum atomic E-state index is 11.3. The first-order valence-corrected chi connectivity index (χ1v) is 5.40. The predicted octanol–water partition coefficient (Wildman–Crippen LogP) is 2.37. The zero-order valence-corrected chi connectivity index (χ0v) is 9.93. The second-order valence-corrected chi connectivity index (χ2v) is 3.56. The van der Waals surface area contributed by atoms with Crippen LogP contribution in [0.5, 0.6) is 0 Å². The highest BCUT2D eigenvalue weighted by Gasteiger charge is 2.10. The molecular formula is C13H17NO2. The van der Waals surface area contributed by atoms with E-state index in [1.54, 1.807) is 20.1 Å². The van der Waals surface area contributed by atoms with E-state index in [2.05, 4.69) is 4.99 Å². The van der Waals surface area contributed by atoms with E-state index >= 15 is 0 Å². The number of ether oxygens (including phenoxy) is 1. The van der Waals surface area contributed by atoms with Crippen LogP contribution >= 0.6 is 0 Å². The first kappa shape index (κ1) is 12.4. The van der Waals surface area contributed by atoms with E-state index in [1.165, 1.54) is 0 Å². The summed E-state index contributed by atoms with van der Waals surface area (Å²) in [4.78, 5) is 15.5. The SMILES string of the molecule is CCOC(=O)C(C)N=Cc1ccccc1C. The number of nitrogens with zero attached hydrogens (tertiary/aromatic N) is 1. The fraction of sp³-hybridized carbons (Fsp3) is 0.385. The molecule has 1 aromatic rings. The van der Waals surface area contributed by atoms with Gasteiger partial charge in [-0.1, -0.05) is 24.3 Å². The lowest BCUT2D eigenvalue weighted by Crippen LogP contribution is -2.18. The van der Waals surface area contributed by atoms with Gasteiger partial charge in [-0.3, -0.25) is 4.99 Å². The van der Waals surface area contributed by atoms with Crippen molar-refractivity contribution in [2.45, 2.75) is 26.8 Å². The Bertz CT molecular complexity index is 385. The van der Waals surface area contributed by atoms with E-state index in [1.807, 2.05) is 31.2 Å². The van der Waals surface area contributed by atoms with Crippen LogP contribution in [0.2, 0.25) is 0 Å². The van der Waals surface area contributed by atoms with Gasteiger partial charge in [-0.05, 0) is 31.9 Å². The van der Waals surface area contributed by atoms with Crippen molar-refractivity contribution in [3.8, 4) is 0 Å². The van der Waals surface area contributed by atoms with Crippen molar-refractivity contribution in [1.29, 1.82) is 0 Å². The summed E-state index contributed by atoms with van der Waals surface area (Å²) in [5.74, 6) is -0.285. The molecule has 1 aromatic carbocycles. The highest BCUT2D eigenvalue weighted by Crippen LogP contribution is 2.04. The van der Waals surface area contributed by atoms with E-state index in [0.29, 0.717) is 6.61 Å². The quantitative estimate of drug-likeness (QED) is 0.576. The fourth-order valence-corrected chi connectivity index (χ4v) is 1.25. The number of carbonyl (C=O) groups excluding carboxylic acids is 1. The number of benzene rings is 1. The molecule has 0 aliphatic rings. The van der Waals surface area contributed by atoms with Crippen LogP contribution in [0.4, 0.5) is 0 Å². The lowest BCUT2D eigenvalue weighted by atomic mass is 10.1. The average molecular weight is 219 g/mol. The summed E-state index contributed by atoms with van der Waals surface area (Å²) in [5.41, 5.74) is 2.17. The number of carbonyl (C=O) groups is 1. The van der Waals surface area contributed by atoms with Crippen molar-refractivity contribution in [1.82, 2.24) is 0 Å². The van der Waals surface area contributed by atoms with Crippen LogP contribution in [-0.2, 0) is 9.53 Å². The third-order valence-electron chi connectivity index (χ3n) is 2.25. The van der Waals surface area contributed by atoms with Gasteiger partial charge in [-0.2, -0.15) is 0 Å². The highest BCUT2D eigenvalue weighted by molar-refractivity contribution is 5.85. The predicted molar refractivity (Wildman–Crippen MR) is 64.9 cm³/mol. The molecule has 3 nitrogen and oxygen atoms in total. The number of aryl methyl sites for hydroxylation is 1. The van der Waals surface area contributed by atoms with Crippen molar-refractivity contribution < 1.29 is 9.53 Å². The molecule has 0 N–H and O–H groups in total. The molecule has 86 valence electrons. The van der Waals surface area contributed by atoms with Gasteiger partial charge in [0.2, 0.25) is 0 Å². The van der Waals surface area contributed by atoms with Crippen molar-refractivity contribution in [3.05, 3.63) is 35.4 Å². The molecule has 1 rings (SSSR count). The van der Waals surface area contributed by atoms with Crippen molar-refractivity contribution in [3.63, 3.8) is 0 Å². The maximum Gasteiger partial charge on any atom is 0.330 e. The van der Waals surface area contributed by atoms with Gasteiger partial charge in [-0.25, -0.2) is 4.79 Å². The Balaban J connectivity index is 2.67. The molecule has 0 radical (unpaired) electrons. The molecule has 0 aliphatic carbocycles. The lowest BCUT2D eigenvalue weighted by Gasteiger charge is -2.05. The van der Waals surface area contributed by atoms with Gasteiger partial charge >= 0.3 is 5.97 Å². The van der Waals surface area contributed by atoms with Gasteiger partial charge < -0.3 is 4.74 Å². The van der Waals surface area contributed by atoms with Crippen LogP contribution in [0.25, 0.3) is 0 Å². The van der Waals surface area contributed by atoms with Crippen LogP contribution < -0.4 is 0 Å². The average Bonchev–Trinajstić information content (AvgIpc) is 2.28. The van der Waals surface area contributed by atoms with Gasteiger partial charge in [0.25, 0.3) is 0 Å². The van der Waals surface area contributed by atoms with Gasteiger partial charge in [0, 0.05) is 6.21 Å². The van der Waals surface area contributed by atoms with Gasteiger partial charge in [0.1, 0.15) is 6.04 Å².